The Hall–Kier alpha value is -0.920. The summed E-state index contributed by atoms with van der Waals surface area (Å²) >= 11 is 0. The molecule has 0 saturated carbocycles. The van der Waals surface area contributed by atoms with Gasteiger partial charge in [0.15, 0.2) is 0 Å². The number of likely N-dealkylation sites (N-methyl/N-ethyl adjacent to an activating group) is 1. The fourth-order valence-electron chi connectivity index (χ4n) is 1.87. The van der Waals surface area contributed by atoms with E-state index in [9.17, 15) is 8.42 Å². The van der Waals surface area contributed by atoms with Gasteiger partial charge in [-0.2, -0.15) is 5.10 Å². The minimum atomic E-state index is -3.49. The molecule has 0 unspecified atom stereocenters. The molecule has 1 rings (SSSR count). The van der Waals surface area contributed by atoms with Gasteiger partial charge in [0, 0.05) is 19.6 Å². The highest BCUT2D eigenvalue weighted by Crippen LogP contribution is 2.17. The van der Waals surface area contributed by atoms with Gasteiger partial charge in [0.25, 0.3) is 0 Å². The summed E-state index contributed by atoms with van der Waals surface area (Å²) < 4.78 is 28.6. The molecule has 6 nitrogen and oxygen atoms in total. The van der Waals surface area contributed by atoms with E-state index in [0.29, 0.717) is 17.9 Å². The summed E-state index contributed by atoms with van der Waals surface area (Å²) in [5.41, 5.74) is 1.18. The molecule has 0 aliphatic rings. The van der Waals surface area contributed by atoms with Crippen LogP contribution in [0.1, 0.15) is 25.2 Å². The number of hydrogen-bond donors (Lipinski definition) is 2. The maximum atomic E-state index is 12.2. The number of sulfonamides is 1. The van der Waals surface area contributed by atoms with E-state index in [1.807, 2.05) is 13.8 Å². The number of nitrogens with zero attached hydrogens (tertiary/aromatic N) is 2. The number of aryl methyl sites for hydroxylation is 2. The second-order valence-corrected chi connectivity index (χ2v) is 6.14. The first kappa shape index (κ1) is 15.1. The maximum Gasteiger partial charge on any atom is 0.244 e. The number of nitrogens with one attached hydrogen (secondary N) is 2. The van der Waals surface area contributed by atoms with Gasteiger partial charge in [-0.3, -0.25) is 4.68 Å². The molecular weight excluding hydrogens is 252 g/mol. The van der Waals surface area contributed by atoms with Crippen molar-refractivity contribution in [3.63, 3.8) is 0 Å². The lowest BCUT2D eigenvalue weighted by molar-refractivity contribution is 0.535. The largest absolute Gasteiger partial charge is 0.313 e. The average Bonchev–Trinajstić information content (AvgIpc) is 2.51. The topological polar surface area (TPSA) is 76.0 Å². The Balaban J connectivity index is 2.87. The maximum absolute atomic E-state index is 12.2. The third kappa shape index (κ3) is 3.30. The molecule has 1 atom stereocenters. The summed E-state index contributed by atoms with van der Waals surface area (Å²) in [6.07, 6.45) is 0. The lowest BCUT2D eigenvalue weighted by Crippen LogP contribution is -2.39. The highest BCUT2D eigenvalue weighted by Gasteiger charge is 2.23. The highest BCUT2D eigenvalue weighted by molar-refractivity contribution is 7.89. The number of rotatable bonds is 6. The van der Waals surface area contributed by atoms with Gasteiger partial charge in [0.05, 0.1) is 11.4 Å². The molecule has 18 heavy (non-hydrogen) atoms. The Kier molecular flexibility index (Phi) is 4.89. The summed E-state index contributed by atoms with van der Waals surface area (Å²) in [4.78, 5) is 0.286. The molecule has 0 aliphatic heterocycles. The van der Waals surface area contributed by atoms with Crippen LogP contribution in [0, 0.1) is 13.8 Å². The Bertz CT molecular complexity index is 507. The Labute approximate surface area is 109 Å². The molecule has 1 aromatic heterocycles. The lowest BCUT2D eigenvalue weighted by atomic mass is 10.3. The zero-order valence-corrected chi connectivity index (χ0v) is 12.4. The monoisotopic (exact) mass is 274 g/mol. The third-order valence-corrected chi connectivity index (χ3v) is 4.52. The predicted molar refractivity (Wildman–Crippen MR) is 71.0 cm³/mol. The van der Waals surface area contributed by atoms with Gasteiger partial charge in [-0.25, -0.2) is 13.1 Å². The van der Waals surface area contributed by atoms with Crippen LogP contribution in [0.2, 0.25) is 0 Å². The standard InChI is InChI=1S/C11H22N4O2S/c1-6-12-8(2)7-13-18(16,17)11-9(3)14-15(5)10(11)4/h8,12-13H,6-7H2,1-5H3/t8-/m1/s1. The van der Waals surface area contributed by atoms with Gasteiger partial charge < -0.3 is 5.32 Å². The Morgan fingerprint density at radius 3 is 2.44 bits per heavy atom. The second kappa shape index (κ2) is 5.81. The first-order valence-corrected chi connectivity index (χ1v) is 7.51. The van der Waals surface area contributed by atoms with Crippen LogP contribution in [-0.4, -0.2) is 37.3 Å². The minimum Gasteiger partial charge on any atom is -0.313 e. The fourth-order valence-corrected chi connectivity index (χ4v) is 3.44. The molecule has 0 radical (unpaired) electrons. The van der Waals surface area contributed by atoms with Crippen molar-refractivity contribution in [2.45, 2.75) is 38.6 Å². The molecule has 0 aromatic carbocycles. The summed E-state index contributed by atoms with van der Waals surface area (Å²) in [6.45, 7) is 8.56. The van der Waals surface area contributed by atoms with Crippen LogP contribution in [0.15, 0.2) is 4.90 Å². The summed E-state index contributed by atoms with van der Waals surface area (Å²) in [5.74, 6) is 0. The van der Waals surface area contributed by atoms with E-state index in [4.69, 9.17) is 0 Å². The van der Waals surface area contributed by atoms with Crippen molar-refractivity contribution >= 4 is 10.0 Å². The van der Waals surface area contributed by atoms with Crippen LogP contribution in [0.4, 0.5) is 0 Å². The van der Waals surface area contributed by atoms with Gasteiger partial charge in [-0.1, -0.05) is 6.92 Å². The Morgan fingerprint density at radius 1 is 1.39 bits per heavy atom. The SMILES string of the molecule is CCN[C@H](C)CNS(=O)(=O)c1c(C)nn(C)c1C. The zero-order chi connectivity index (χ0) is 13.9. The van der Waals surface area contributed by atoms with Crippen molar-refractivity contribution in [2.24, 2.45) is 7.05 Å². The Morgan fingerprint density at radius 2 is 2.00 bits per heavy atom. The smallest absolute Gasteiger partial charge is 0.244 e. The summed E-state index contributed by atoms with van der Waals surface area (Å²) in [7, 11) is -1.75. The predicted octanol–water partition coefficient (Wildman–Crippen LogP) is 0.313. The van der Waals surface area contributed by atoms with Crippen LogP contribution in [-0.2, 0) is 17.1 Å². The third-order valence-electron chi connectivity index (χ3n) is 2.84. The van der Waals surface area contributed by atoms with Crippen LogP contribution < -0.4 is 10.0 Å². The van der Waals surface area contributed by atoms with Gasteiger partial charge in [0.1, 0.15) is 4.90 Å². The van der Waals surface area contributed by atoms with E-state index < -0.39 is 10.0 Å². The molecule has 104 valence electrons. The van der Waals surface area contributed by atoms with Crippen molar-refractivity contribution in [1.82, 2.24) is 19.8 Å². The van der Waals surface area contributed by atoms with Crippen molar-refractivity contribution < 1.29 is 8.42 Å². The van der Waals surface area contributed by atoms with E-state index in [-0.39, 0.29) is 10.9 Å². The summed E-state index contributed by atoms with van der Waals surface area (Å²) in [6, 6.07) is 0.0991. The van der Waals surface area contributed by atoms with E-state index in [1.165, 1.54) is 0 Å². The molecule has 2 N–H and O–H groups in total. The molecule has 0 bridgehead atoms. The molecule has 0 fully saturated rings. The van der Waals surface area contributed by atoms with Gasteiger partial charge in [-0.15, -0.1) is 0 Å². The van der Waals surface area contributed by atoms with Gasteiger partial charge >= 0.3 is 0 Å². The molecule has 0 amide bonds. The molecular formula is C11H22N4O2S. The zero-order valence-electron chi connectivity index (χ0n) is 11.6. The van der Waals surface area contributed by atoms with Gasteiger partial charge in [-0.05, 0) is 27.3 Å². The highest BCUT2D eigenvalue weighted by atomic mass is 32.2. The number of aromatic nitrogens is 2. The van der Waals surface area contributed by atoms with Crippen LogP contribution in [0.3, 0.4) is 0 Å². The van der Waals surface area contributed by atoms with Crippen molar-refractivity contribution in [1.29, 1.82) is 0 Å². The van der Waals surface area contributed by atoms with E-state index in [0.717, 1.165) is 6.54 Å². The van der Waals surface area contributed by atoms with Crippen molar-refractivity contribution in [2.75, 3.05) is 13.1 Å². The molecule has 1 heterocycles. The molecule has 1 aromatic rings. The van der Waals surface area contributed by atoms with E-state index in [2.05, 4.69) is 15.1 Å². The second-order valence-electron chi connectivity index (χ2n) is 4.43. The van der Waals surface area contributed by atoms with Gasteiger partial charge in [0.2, 0.25) is 10.0 Å². The van der Waals surface area contributed by atoms with Crippen LogP contribution >= 0.6 is 0 Å². The fraction of sp³-hybridized carbons (Fsp3) is 0.727. The molecule has 7 heteroatoms. The molecule has 0 saturated heterocycles. The molecule has 0 spiro atoms. The first-order chi connectivity index (χ1) is 8.29. The minimum absolute atomic E-state index is 0.0991. The lowest BCUT2D eigenvalue weighted by Gasteiger charge is -2.13. The molecule has 0 aliphatic carbocycles. The number of hydrogen-bond acceptors (Lipinski definition) is 4. The average molecular weight is 274 g/mol. The van der Waals surface area contributed by atoms with Crippen molar-refractivity contribution in [3.8, 4) is 0 Å². The summed E-state index contributed by atoms with van der Waals surface area (Å²) in [5, 5.41) is 7.28. The van der Waals surface area contributed by atoms with Crippen molar-refractivity contribution in [3.05, 3.63) is 11.4 Å². The van der Waals surface area contributed by atoms with E-state index in [1.54, 1.807) is 25.6 Å². The quantitative estimate of drug-likeness (QED) is 0.783. The van der Waals surface area contributed by atoms with E-state index >= 15 is 0 Å². The normalized spacial score (nSPS) is 13.8. The van der Waals surface area contributed by atoms with Crippen LogP contribution in [0.5, 0.6) is 0 Å². The van der Waals surface area contributed by atoms with Crippen LogP contribution in [0.25, 0.3) is 0 Å². The first-order valence-electron chi connectivity index (χ1n) is 6.02.